The number of methoxy groups -OCH3 is 2. The number of carbonyl (C=O) groups excluding carboxylic acids is 1. The molecule has 0 unspecified atom stereocenters. The van der Waals surface area contributed by atoms with E-state index < -0.39 is 14.6 Å². The van der Waals surface area contributed by atoms with Crippen molar-refractivity contribution in [2.45, 2.75) is 97.1 Å². The van der Waals surface area contributed by atoms with Gasteiger partial charge in [0.25, 0.3) is 0 Å². The highest BCUT2D eigenvalue weighted by molar-refractivity contribution is 6.73. The van der Waals surface area contributed by atoms with Crippen molar-refractivity contribution in [3.05, 3.63) is 107 Å². The van der Waals surface area contributed by atoms with E-state index in [-0.39, 0.29) is 11.9 Å². The first-order valence-corrected chi connectivity index (χ1v) is 18.8. The Balaban J connectivity index is 1.83. The summed E-state index contributed by atoms with van der Waals surface area (Å²) in [5.41, 5.74) is 3.30. The van der Waals surface area contributed by atoms with Crippen LogP contribution >= 0.6 is 0 Å². The van der Waals surface area contributed by atoms with Gasteiger partial charge in [-0.15, -0.1) is 0 Å². The molecule has 45 heavy (non-hydrogen) atoms. The molecule has 7 heteroatoms. The number of ketones is 1. The van der Waals surface area contributed by atoms with E-state index in [2.05, 4.69) is 27.7 Å². The fraction of sp³-hybridized carbons (Fsp3) is 0.447. The van der Waals surface area contributed by atoms with Crippen LogP contribution < -0.4 is 9.47 Å². The van der Waals surface area contributed by atoms with E-state index in [4.69, 9.17) is 23.4 Å². The smallest absolute Gasteiger partial charge is 0.192 e. The van der Waals surface area contributed by atoms with Crippen LogP contribution in [0.3, 0.4) is 0 Å². The van der Waals surface area contributed by atoms with Crippen molar-refractivity contribution in [3.63, 3.8) is 0 Å². The van der Waals surface area contributed by atoms with Crippen LogP contribution in [-0.2, 0) is 33.5 Å². The second-order valence-corrected chi connectivity index (χ2v) is 16.2. The van der Waals surface area contributed by atoms with E-state index >= 15 is 0 Å². The Morgan fingerprint density at radius 2 is 1.40 bits per heavy atom. The molecule has 0 amide bonds. The highest BCUT2D eigenvalue weighted by atomic mass is 28.4. The second-order valence-electron chi connectivity index (χ2n) is 11.5. The summed E-state index contributed by atoms with van der Waals surface area (Å²) in [4.78, 5) is 13.8. The SMILES string of the molecule is CC[Si](CC)(CC)O[C@H](C)CCC/C=C/C(=O)c1c(CC(OC)OC)cc(OCc2ccccc2)cc1OCc1ccccc1. The summed E-state index contributed by atoms with van der Waals surface area (Å²) in [5.74, 6) is 0.970. The van der Waals surface area contributed by atoms with Gasteiger partial charge in [0, 0.05) is 32.8 Å². The molecule has 0 radical (unpaired) electrons. The number of allylic oxidation sites excluding steroid dienone is 2. The van der Waals surface area contributed by atoms with Gasteiger partial charge < -0.3 is 23.4 Å². The molecule has 0 spiro atoms. The molecule has 0 fully saturated rings. The summed E-state index contributed by atoms with van der Waals surface area (Å²) in [6, 6.07) is 27.1. The summed E-state index contributed by atoms with van der Waals surface area (Å²) in [7, 11) is 1.57. The fourth-order valence-electron chi connectivity index (χ4n) is 5.48. The van der Waals surface area contributed by atoms with Crippen LogP contribution in [-0.4, -0.2) is 40.7 Å². The lowest BCUT2D eigenvalue weighted by molar-refractivity contribution is -0.100. The molecule has 3 aromatic carbocycles. The molecule has 3 aromatic rings. The maximum Gasteiger partial charge on any atom is 0.192 e. The van der Waals surface area contributed by atoms with Crippen LogP contribution in [0.2, 0.25) is 18.1 Å². The minimum absolute atomic E-state index is 0.118. The number of hydrogen-bond acceptors (Lipinski definition) is 6. The van der Waals surface area contributed by atoms with Gasteiger partial charge in [0.15, 0.2) is 20.4 Å². The Hall–Kier alpha value is -3.23. The first kappa shape index (κ1) is 36.2. The van der Waals surface area contributed by atoms with Gasteiger partial charge in [-0.25, -0.2) is 0 Å². The fourth-order valence-corrected chi connectivity index (χ4v) is 8.46. The Bertz CT molecular complexity index is 1290. The van der Waals surface area contributed by atoms with Crippen LogP contribution in [0.5, 0.6) is 11.5 Å². The van der Waals surface area contributed by atoms with Gasteiger partial charge in [0.05, 0.1) is 5.56 Å². The molecule has 3 rings (SSSR count). The monoisotopic (exact) mass is 632 g/mol. The quantitative estimate of drug-likeness (QED) is 0.0383. The van der Waals surface area contributed by atoms with Gasteiger partial charge in [-0.1, -0.05) is 87.5 Å². The number of rotatable bonds is 21. The Morgan fingerprint density at radius 1 is 0.822 bits per heavy atom. The van der Waals surface area contributed by atoms with Crippen LogP contribution in [0.15, 0.2) is 84.9 Å². The predicted octanol–water partition coefficient (Wildman–Crippen LogP) is 9.33. The van der Waals surface area contributed by atoms with E-state index in [1.807, 2.05) is 78.9 Å². The molecule has 0 saturated carbocycles. The molecule has 0 aliphatic rings. The van der Waals surface area contributed by atoms with Crippen molar-refractivity contribution in [1.82, 2.24) is 0 Å². The molecule has 0 aliphatic carbocycles. The predicted molar refractivity (Wildman–Crippen MR) is 185 cm³/mol. The first-order chi connectivity index (χ1) is 21.9. The van der Waals surface area contributed by atoms with Gasteiger partial charge in [0.2, 0.25) is 0 Å². The Kier molecular flexibility index (Phi) is 15.6. The standard InChI is InChI=1S/C38H52O6Si/c1-7-45(8-2,9-3)44-30(4)19-13-10-18-24-35(39)38-33(26-37(40-5)41-6)25-34(42-28-31-20-14-11-15-21-31)27-36(38)43-29-32-22-16-12-17-23-32/h11-12,14-18,20-25,27,30,37H,7-10,13,19,26,28-29H2,1-6H3/b24-18+/t30-/m1/s1. The minimum Gasteiger partial charge on any atom is -0.489 e. The van der Waals surface area contributed by atoms with E-state index in [1.165, 1.54) is 0 Å². The molecule has 0 heterocycles. The van der Waals surface area contributed by atoms with Crippen LogP contribution in [0, 0.1) is 0 Å². The van der Waals surface area contributed by atoms with Gasteiger partial charge in [-0.05, 0) is 73.2 Å². The third-order valence-electron chi connectivity index (χ3n) is 8.44. The van der Waals surface area contributed by atoms with Crippen LogP contribution in [0.4, 0.5) is 0 Å². The average Bonchev–Trinajstić information content (AvgIpc) is 3.08. The summed E-state index contributed by atoms with van der Waals surface area (Å²) in [5, 5.41) is 0. The summed E-state index contributed by atoms with van der Waals surface area (Å²) >= 11 is 0. The lowest BCUT2D eigenvalue weighted by Crippen LogP contribution is -2.39. The van der Waals surface area contributed by atoms with Gasteiger partial charge in [-0.2, -0.15) is 0 Å². The largest absolute Gasteiger partial charge is 0.489 e. The van der Waals surface area contributed by atoms with Crippen LogP contribution in [0.25, 0.3) is 0 Å². The van der Waals surface area contributed by atoms with Crippen molar-refractivity contribution in [1.29, 1.82) is 0 Å². The second kappa shape index (κ2) is 19.3. The summed E-state index contributed by atoms with van der Waals surface area (Å²) < 4.78 is 30.2. The third kappa shape index (κ3) is 11.6. The Morgan fingerprint density at radius 3 is 1.96 bits per heavy atom. The average molecular weight is 633 g/mol. The van der Waals surface area contributed by atoms with E-state index in [1.54, 1.807) is 20.3 Å². The maximum absolute atomic E-state index is 13.8. The van der Waals surface area contributed by atoms with Crippen molar-refractivity contribution in [2.24, 2.45) is 0 Å². The normalized spacial score (nSPS) is 12.5. The van der Waals surface area contributed by atoms with Gasteiger partial charge in [0.1, 0.15) is 24.7 Å². The lowest BCUT2D eigenvalue weighted by atomic mass is 9.98. The molecule has 0 aromatic heterocycles. The van der Waals surface area contributed by atoms with Crippen molar-refractivity contribution >= 4 is 14.1 Å². The number of ether oxygens (including phenoxy) is 4. The highest BCUT2D eigenvalue weighted by Gasteiger charge is 2.30. The van der Waals surface area contributed by atoms with Gasteiger partial charge >= 0.3 is 0 Å². The minimum atomic E-state index is -1.62. The lowest BCUT2D eigenvalue weighted by Gasteiger charge is -2.31. The third-order valence-corrected chi connectivity index (χ3v) is 13.2. The molecule has 6 nitrogen and oxygen atoms in total. The van der Waals surface area contributed by atoms with E-state index in [0.717, 1.165) is 54.1 Å². The van der Waals surface area contributed by atoms with Crippen molar-refractivity contribution < 1.29 is 28.2 Å². The molecule has 1 atom stereocenters. The number of unbranched alkanes of at least 4 members (excludes halogenated alkanes) is 1. The number of benzene rings is 3. The maximum atomic E-state index is 13.8. The highest BCUT2D eigenvalue weighted by Crippen LogP contribution is 2.33. The molecule has 0 saturated heterocycles. The molecular weight excluding hydrogens is 580 g/mol. The molecule has 0 bridgehead atoms. The summed E-state index contributed by atoms with van der Waals surface area (Å²) in [6.07, 6.45) is 6.42. The molecular formula is C38H52O6Si. The molecule has 244 valence electrons. The Labute approximate surface area is 271 Å². The zero-order valence-electron chi connectivity index (χ0n) is 28.1. The number of carbonyl (C=O) groups is 1. The topological polar surface area (TPSA) is 63.2 Å². The zero-order chi connectivity index (χ0) is 32.5. The summed E-state index contributed by atoms with van der Waals surface area (Å²) in [6.45, 7) is 9.68. The number of hydrogen-bond donors (Lipinski definition) is 0. The first-order valence-electron chi connectivity index (χ1n) is 16.3. The van der Waals surface area contributed by atoms with Gasteiger partial charge in [-0.3, -0.25) is 4.79 Å². The van der Waals surface area contributed by atoms with E-state index in [0.29, 0.717) is 36.7 Å². The zero-order valence-corrected chi connectivity index (χ0v) is 29.1. The van der Waals surface area contributed by atoms with Crippen LogP contribution in [0.1, 0.15) is 74.0 Å². The van der Waals surface area contributed by atoms with E-state index in [9.17, 15) is 4.79 Å². The molecule has 0 N–H and O–H groups in total. The van der Waals surface area contributed by atoms with Crippen molar-refractivity contribution in [3.8, 4) is 11.5 Å². The van der Waals surface area contributed by atoms with Crippen molar-refractivity contribution in [2.75, 3.05) is 14.2 Å². The molecule has 0 aliphatic heterocycles.